The molecule has 0 saturated carbocycles. The van der Waals surface area contributed by atoms with Gasteiger partial charge in [-0.1, -0.05) is 0 Å². The number of rotatable bonds is 5. The molecule has 116 valence electrons. The van der Waals surface area contributed by atoms with E-state index in [-0.39, 0.29) is 6.10 Å². The number of ether oxygens (including phenoxy) is 1. The normalized spacial score (nSPS) is 26.0. The van der Waals surface area contributed by atoms with Crippen LogP contribution in [0, 0.1) is 6.92 Å². The SMILES string of the molecule is Cc1sc(C(=O)O)cc1CNCC1CN2CCCC2CO1. The van der Waals surface area contributed by atoms with Crippen LogP contribution >= 0.6 is 11.3 Å². The topological polar surface area (TPSA) is 61.8 Å². The first-order chi connectivity index (χ1) is 10.1. The molecule has 3 rings (SSSR count). The predicted molar refractivity (Wildman–Crippen MR) is 82.1 cm³/mol. The number of nitrogens with zero attached hydrogens (tertiary/aromatic N) is 1. The lowest BCUT2D eigenvalue weighted by atomic mass is 10.2. The van der Waals surface area contributed by atoms with Crippen LogP contribution in [0.15, 0.2) is 6.07 Å². The van der Waals surface area contributed by atoms with Gasteiger partial charge in [0.15, 0.2) is 0 Å². The molecular weight excluding hydrogens is 288 g/mol. The number of carboxylic acids is 1. The molecule has 0 spiro atoms. The third kappa shape index (κ3) is 3.45. The predicted octanol–water partition coefficient (Wildman–Crippen LogP) is 1.71. The number of hydrogen-bond donors (Lipinski definition) is 2. The molecule has 2 unspecified atom stereocenters. The Kier molecular flexibility index (Phi) is 4.59. The van der Waals surface area contributed by atoms with Crippen molar-refractivity contribution in [3.8, 4) is 0 Å². The standard InChI is InChI=1S/C15H22N2O3S/c1-10-11(5-14(21-10)15(18)19)6-16-7-13-8-17-4-2-3-12(17)9-20-13/h5,12-13,16H,2-4,6-9H2,1H3,(H,18,19). The average Bonchev–Trinajstić information content (AvgIpc) is 3.05. The van der Waals surface area contributed by atoms with E-state index in [9.17, 15) is 4.79 Å². The van der Waals surface area contributed by atoms with Gasteiger partial charge in [-0.15, -0.1) is 11.3 Å². The van der Waals surface area contributed by atoms with Crippen LogP contribution in [0.4, 0.5) is 0 Å². The lowest BCUT2D eigenvalue weighted by molar-refractivity contribution is -0.0470. The highest BCUT2D eigenvalue weighted by atomic mass is 32.1. The Morgan fingerprint density at radius 1 is 1.62 bits per heavy atom. The Hall–Kier alpha value is -0.950. The molecule has 2 aliphatic heterocycles. The number of thiophene rings is 1. The Morgan fingerprint density at radius 2 is 2.48 bits per heavy atom. The van der Waals surface area contributed by atoms with Crippen LogP contribution in [0.25, 0.3) is 0 Å². The van der Waals surface area contributed by atoms with Crippen molar-refractivity contribution in [2.45, 2.75) is 38.5 Å². The van der Waals surface area contributed by atoms with Gasteiger partial charge < -0.3 is 15.2 Å². The van der Waals surface area contributed by atoms with Crippen LogP contribution in [0.2, 0.25) is 0 Å². The molecule has 6 heteroatoms. The van der Waals surface area contributed by atoms with Gasteiger partial charge in [0.05, 0.1) is 12.7 Å². The molecule has 0 radical (unpaired) electrons. The highest BCUT2D eigenvalue weighted by Gasteiger charge is 2.31. The van der Waals surface area contributed by atoms with Gasteiger partial charge in [0.1, 0.15) is 4.88 Å². The average molecular weight is 310 g/mol. The summed E-state index contributed by atoms with van der Waals surface area (Å²) in [6.45, 7) is 6.57. The molecule has 0 aromatic carbocycles. The van der Waals surface area contributed by atoms with Crippen LogP contribution in [-0.2, 0) is 11.3 Å². The number of morpholine rings is 1. The van der Waals surface area contributed by atoms with Crippen LogP contribution in [0.1, 0.15) is 33.0 Å². The number of hydrogen-bond acceptors (Lipinski definition) is 5. The van der Waals surface area contributed by atoms with Gasteiger partial charge in [-0.05, 0) is 37.9 Å². The number of nitrogens with one attached hydrogen (secondary N) is 1. The van der Waals surface area contributed by atoms with E-state index < -0.39 is 5.97 Å². The Bertz CT molecular complexity index is 517. The van der Waals surface area contributed by atoms with Gasteiger partial charge in [-0.3, -0.25) is 4.90 Å². The highest BCUT2D eigenvalue weighted by Crippen LogP contribution is 2.23. The summed E-state index contributed by atoms with van der Waals surface area (Å²) in [5.74, 6) is -0.843. The first-order valence-electron chi connectivity index (χ1n) is 7.52. The Labute approximate surface area is 128 Å². The molecule has 0 bridgehead atoms. The second kappa shape index (κ2) is 6.44. The van der Waals surface area contributed by atoms with Gasteiger partial charge in [0, 0.05) is 30.6 Å². The van der Waals surface area contributed by atoms with Crippen molar-refractivity contribution >= 4 is 17.3 Å². The number of carbonyl (C=O) groups is 1. The van der Waals surface area contributed by atoms with Crippen molar-refractivity contribution in [3.63, 3.8) is 0 Å². The van der Waals surface area contributed by atoms with E-state index in [1.54, 1.807) is 6.07 Å². The zero-order valence-electron chi connectivity index (χ0n) is 12.3. The van der Waals surface area contributed by atoms with Crippen molar-refractivity contribution in [3.05, 3.63) is 21.4 Å². The monoisotopic (exact) mass is 310 g/mol. The van der Waals surface area contributed by atoms with Gasteiger partial charge in [-0.2, -0.15) is 0 Å². The maximum atomic E-state index is 11.0. The van der Waals surface area contributed by atoms with Crippen LogP contribution in [-0.4, -0.2) is 54.4 Å². The maximum Gasteiger partial charge on any atom is 0.345 e. The van der Waals surface area contributed by atoms with E-state index in [4.69, 9.17) is 9.84 Å². The zero-order valence-corrected chi connectivity index (χ0v) is 13.1. The molecule has 2 aliphatic rings. The number of carboxylic acid groups (broad SMARTS) is 1. The maximum absolute atomic E-state index is 11.0. The first-order valence-corrected chi connectivity index (χ1v) is 8.34. The van der Waals surface area contributed by atoms with E-state index >= 15 is 0 Å². The fourth-order valence-corrected chi connectivity index (χ4v) is 4.06. The molecule has 2 fully saturated rings. The fourth-order valence-electron chi connectivity index (χ4n) is 3.18. The first kappa shape index (κ1) is 15.0. The van der Waals surface area contributed by atoms with Crippen LogP contribution < -0.4 is 5.32 Å². The second-order valence-corrected chi connectivity index (χ2v) is 7.13. The molecule has 3 heterocycles. The van der Waals surface area contributed by atoms with E-state index in [2.05, 4.69) is 10.2 Å². The Balaban J connectivity index is 1.47. The lowest BCUT2D eigenvalue weighted by Crippen LogP contribution is -2.49. The molecule has 0 aliphatic carbocycles. The highest BCUT2D eigenvalue weighted by molar-refractivity contribution is 7.14. The van der Waals surface area contributed by atoms with Gasteiger partial charge in [-0.25, -0.2) is 4.79 Å². The Morgan fingerprint density at radius 3 is 3.24 bits per heavy atom. The van der Waals surface area contributed by atoms with Crippen molar-refractivity contribution in [2.24, 2.45) is 0 Å². The molecule has 21 heavy (non-hydrogen) atoms. The van der Waals surface area contributed by atoms with Crippen molar-refractivity contribution in [1.29, 1.82) is 0 Å². The molecule has 1 aromatic heterocycles. The smallest absolute Gasteiger partial charge is 0.345 e. The zero-order chi connectivity index (χ0) is 14.8. The van der Waals surface area contributed by atoms with E-state index in [1.165, 1.54) is 30.7 Å². The molecule has 1 aromatic rings. The van der Waals surface area contributed by atoms with Gasteiger partial charge in [0.25, 0.3) is 0 Å². The van der Waals surface area contributed by atoms with Crippen molar-refractivity contribution < 1.29 is 14.6 Å². The summed E-state index contributed by atoms with van der Waals surface area (Å²) in [5, 5.41) is 12.4. The molecule has 5 nitrogen and oxygen atoms in total. The van der Waals surface area contributed by atoms with E-state index in [0.717, 1.165) is 30.1 Å². The van der Waals surface area contributed by atoms with Crippen molar-refractivity contribution in [2.75, 3.05) is 26.2 Å². The van der Waals surface area contributed by atoms with Crippen LogP contribution in [0.5, 0.6) is 0 Å². The largest absolute Gasteiger partial charge is 0.477 e. The number of aromatic carboxylic acids is 1. The lowest BCUT2D eigenvalue weighted by Gasteiger charge is -2.35. The molecule has 2 atom stereocenters. The summed E-state index contributed by atoms with van der Waals surface area (Å²) >= 11 is 1.34. The fraction of sp³-hybridized carbons (Fsp3) is 0.667. The summed E-state index contributed by atoms with van der Waals surface area (Å²) in [6, 6.07) is 2.41. The molecule has 0 amide bonds. The minimum Gasteiger partial charge on any atom is -0.477 e. The number of fused-ring (bicyclic) bond motifs is 1. The molecule has 2 saturated heterocycles. The third-order valence-corrected chi connectivity index (χ3v) is 5.46. The molecule has 2 N–H and O–H groups in total. The molecular formula is C15H22N2O3S. The van der Waals surface area contributed by atoms with E-state index in [0.29, 0.717) is 17.5 Å². The summed E-state index contributed by atoms with van der Waals surface area (Å²) in [6.07, 6.45) is 2.81. The summed E-state index contributed by atoms with van der Waals surface area (Å²) < 4.78 is 5.91. The summed E-state index contributed by atoms with van der Waals surface area (Å²) in [7, 11) is 0. The van der Waals surface area contributed by atoms with Gasteiger partial charge >= 0.3 is 5.97 Å². The third-order valence-electron chi connectivity index (χ3n) is 4.38. The van der Waals surface area contributed by atoms with Crippen molar-refractivity contribution in [1.82, 2.24) is 10.2 Å². The second-order valence-electron chi connectivity index (χ2n) is 5.87. The minimum absolute atomic E-state index is 0.247. The number of aryl methyl sites for hydroxylation is 1. The minimum atomic E-state index is -0.843. The summed E-state index contributed by atoms with van der Waals surface area (Å²) in [4.78, 5) is 15.0. The quantitative estimate of drug-likeness (QED) is 0.867. The van der Waals surface area contributed by atoms with Gasteiger partial charge in [0.2, 0.25) is 0 Å². The summed E-state index contributed by atoms with van der Waals surface area (Å²) in [5.41, 5.74) is 1.08. The van der Waals surface area contributed by atoms with Crippen LogP contribution in [0.3, 0.4) is 0 Å². The van der Waals surface area contributed by atoms with E-state index in [1.807, 2.05) is 6.92 Å².